The van der Waals surface area contributed by atoms with E-state index in [0.29, 0.717) is 11.5 Å². The summed E-state index contributed by atoms with van der Waals surface area (Å²) in [6.07, 6.45) is 4.31. The smallest absolute Gasteiger partial charge is 0.254 e. The van der Waals surface area contributed by atoms with Crippen LogP contribution in [0.5, 0.6) is 0 Å². The highest BCUT2D eigenvalue weighted by atomic mass is 16.1. The molecule has 1 aromatic heterocycles. The third-order valence-corrected chi connectivity index (χ3v) is 3.17. The first-order chi connectivity index (χ1) is 9.08. The van der Waals surface area contributed by atoms with Gasteiger partial charge in [0.25, 0.3) is 5.91 Å². The van der Waals surface area contributed by atoms with Gasteiger partial charge in [0.2, 0.25) is 0 Å². The predicted octanol–water partition coefficient (Wildman–Crippen LogP) is 2.53. The van der Waals surface area contributed by atoms with E-state index in [0.717, 1.165) is 19.5 Å². The van der Waals surface area contributed by atoms with Gasteiger partial charge in [0.1, 0.15) is 0 Å². The summed E-state index contributed by atoms with van der Waals surface area (Å²) in [4.78, 5) is 18.5. The summed E-state index contributed by atoms with van der Waals surface area (Å²) in [5.74, 6) is 0.491. The van der Waals surface area contributed by atoms with Crippen LogP contribution in [0, 0.1) is 5.92 Å². The van der Waals surface area contributed by atoms with Crippen molar-refractivity contribution in [1.82, 2.24) is 15.2 Å². The van der Waals surface area contributed by atoms with Gasteiger partial charge in [0.05, 0.1) is 11.7 Å². The van der Waals surface area contributed by atoms with E-state index in [9.17, 15) is 4.79 Å². The second kappa shape index (κ2) is 7.89. The van der Waals surface area contributed by atoms with Crippen molar-refractivity contribution in [3.05, 3.63) is 30.1 Å². The van der Waals surface area contributed by atoms with Crippen LogP contribution in [-0.4, -0.2) is 35.0 Å². The molecule has 0 saturated heterocycles. The Morgan fingerprint density at radius 1 is 1.37 bits per heavy atom. The number of pyridine rings is 1. The van der Waals surface area contributed by atoms with Crippen LogP contribution in [0.1, 0.15) is 44.5 Å². The minimum Gasteiger partial charge on any atom is -0.336 e. The molecule has 0 aliphatic rings. The molecule has 0 radical (unpaired) electrons. The van der Waals surface area contributed by atoms with Crippen LogP contribution >= 0.6 is 0 Å². The highest BCUT2D eigenvalue weighted by Gasteiger charge is 2.19. The number of amides is 1. The molecule has 0 aliphatic heterocycles. The fourth-order valence-corrected chi connectivity index (χ4v) is 2.14. The lowest BCUT2D eigenvalue weighted by Gasteiger charge is -2.31. The van der Waals surface area contributed by atoms with Crippen LogP contribution in [0.2, 0.25) is 0 Å². The SMILES string of the molecule is CCN(CC)[C@H](CC(C)C)NC(=O)c1cccnc1. The monoisotopic (exact) mass is 263 g/mol. The highest BCUT2D eigenvalue weighted by Crippen LogP contribution is 2.10. The van der Waals surface area contributed by atoms with Gasteiger partial charge in [-0.15, -0.1) is 0 Å². The minimum atomic E-state index is -0.0503. The number of hydrogen-bond donors (Lipinski definition) is 1. The summed E-state index contributed by atoms with van der Waals surface area (Å²) < 4.78 is 0. The molecule has 106 valence electrons. The van der Waals surface area contributed by atoms with Gasteiger partial charge in [-0.3, -0.25) is 14.7 Å². The molecule has 0 aromatic carbocycles. The zero-order chi connectivity index (χ0) is 14.3. The van der Waals surface area contributed by atoms with Gasteiger partial charge in [-0.2, -0.15) is 0 Å². The Labute approximate surface area is 116 Å². The summed E-state index contributed by atoms with van der Waals surface area (Å²) in [5.41, 5.74) is 0.614. The Morgan fingerprint density at radius 2 is 2.05 bits per heavy atom. The van der Waals surface area contributed by atoms with E-state index < -0.39 is 0 Å². The second-order valence-corrected chi connectivity index (χ2v) is 5.08. The van der Waals surface area contributed by atoms with Crippen molar-refractivity contribution >= 4 is 5.91 Å². The maximum atomic E-state index is 12.2. The van der Waals surface area contributed by atoms with Gasteiger partial charge in [0, 0.05) is 12.4 Å². The van der Waals surface area contributed by atoms with Crippen molar-refractivity contribution in [2.75, 3.05) is 13.1 Å². The van der Waals surface area contributed by atoms with Crippen LogP contribution in [0.4, 0.5) is 0 Å². The van der Waals surface area contributed by atoms with Crippen molar-refractivity contribution in [2.45, 2.75) is 40.3 Å². The molecule has 0 unspecified atom stereocenters. The van der Waals surface area contributed by atoms with Gasteiger partial charge < -0.3 is 5.32 Å². The average Bonchev–Trinajstić information content (AvgIpc) is 2.40. The van der Waals surface area contributed by atoms with Gasteiger partial charge in [-0.05, 0) is 37.6 Å². The van der Waals surface area contributed by atoms with Crippen LogP contribution in [0.25, 0.3) is 0 Å². The topological polar surface area (TPSA) is 45.2 Å². The van der Waals surface area contributed by atoms with Crippen molar-refractivity contribution in [1.29, 1.82) is 0 Å². The van der Waals surface area contributed by atoms with E-state index in [1.807, 2.05) is 0 Å². The third-order valence-electron chi connectivity index (χ3n) is 3.17. The average molecular weight is 263 g/mol. The van der Waals surface area contributed by atoms with Crippen molar-refractivity contribution in [3.8, 4) is 0 Å². The molecule has 1 atom stereocenters. The normalized spacial score (nSPS) is 12.7. The van der Waals surface area contributed by atoms with Crippen LogP contribution in [-0.2, 0) is 0 Å². The molecule has 1 heterocycles. The van der Waals surface area contributed by atoms with Gasteiger partial charge in [0.15, 0.2) is 0 Å². The predicted molar refractivity (Wildman–Crippen MR) is 77.9 cm³/mol. The van der Waals surface area contributed by atoms with Crippen LogP contribution in [0.3, 0.4) is 0 Å². The fourth-order valence-electron chi connectivity index (χ4n) is 2.14. The number of nitrogens with zero attached hydrogens (tertiary/aromatic N) is 2. The largest absolute Gasteiger partial charge is 0.336 e. The van der Waals surface area contributed by atoms with E-state index in [1.165, 1.54) is 0 Å². The first-order valence-electron chi connectivity index (χ1n) is 7.03. The molecule has 0 saturated carbocycles. The lowest BCUT2D eigenvalue weighted by atomic mass is 10.1. The summed E-state index contributed by atoms with van der Waals surface area (Å²) in [7, 11) is 0. The molecule has 4 heteroatoms. The highest BCUT2D eigenvalue weighted by molar-refractivity contribution is 5.93. The Bertz CT molecular complexity index is 374. The summed E-state index contributed by atoms with van der Waals surface area (Å²) >= 11 is 0. The van der Waals surface area contributed by atoms with E-state index in [2.05, 4.69) is 42.9 Å². The molecule has 1 N–H and O–H groups in total. The maximum absolute atomic E-state index is 12.2. The van der Waals surface area contributed by atoms with E-state index in [1.54, 1.807) is 24.5 Å². The van der Waals surface area contributed by atoms with E-state index >= 15 is 0 Å². The Balaban J connectivity index is 2.74. The van der Waals surface area contributed by atoms with Crippen molar-refractivity contribution in [3.63, 3.8) is 0 Å². The number of hydrogen-bond acceptors (Lipinski definition) is 3. The molecule has 19 heavy (non-hydrogen) atoms. The van der Waals surface area contributed by atoms with Gasteiger partial charge >= 0.3 is 0 Å². The second-order valence-electron chi connectivity index (χ2n) is 5.08. The quantitative estimate of drug-likeness (QED) is 0.769. The molecule has 1 amide bonds. The van der Waals surface area contributed by atoms with Crippen molar-refractivity contribution < 1.29 is 4.79 Å². The third kappa shape index (κ3) is 4.99. The number of carbonyl (C=O) groups is 1. The van der Waals surface area contributed by atoms with E-state index in [-0.39, 0.29) is 12.1 Å². The number of carbonyl (C=O) groups excluding carboxylic acids is 1. The zero-order valence-corrected chi connectivity index (χ0v) is 12.4. The molecule has 1 aromatic rings. The molecule has 0 fully saturated rings. The first kappa shape index (κ1) is 15.6. The lowest BCUT2D eigenvalue weighted by molar-refractivity contribution is 0.0834. The van der Waals surface area contributed by atoms with Crippen LogP contribution < -0.4 is 5.32 Å². The molecule has 4 nitrogen and oxygen atoms in total. The van der Waals surface area contributed by atoms with E-state index in [4.69, 9.17) is 0 Å². The molecule has 0 aliphatic carbocycles. The number of aromatic nitrogens is 1. The Hall–Kier alpha value is -1.42. The number of nitrogens with one attached hydrogen (secondary N) is 1. The zero-order valence-electron chi connectivity index (χ0n) is 12.4. The van der Waals surface area contributed by atoms with Gasteiger partial charge in [-0.25, -0.2) is 0 Å². The summed E-state index contributed by atoms with van der Waals surface area (Å²) in [6.45, 7) is 10.4. The molecule has 0 spiro atoms. The minimum absolute atomic E-state index is 0.0503. The molecule has 0 bridgehead atoms. The van der Waals surface area contributed by atoms with Crippen molar-refractivity contribution in [2.24, 2.45) is 5.92 Å². The maximum Gasteiger partial charge on any atom is 0.254 e. The summed E-state index contributed by atoms with van der Waals surface area (Å²) in [6, 6.07) is 3.57. The summed E-state index contributed by atoms with van der Waals surface area (Å²) in [5, 5.41) is 3.11. The fraction of sp³-hybridized carbons (Fsp3) is 0.600. The number of rotatable bonds is 7. The Morgan fingerprint density at radius 3 is 2.53 bits per heavy atom. The standard InChI is InChI=1S/C15H25N3O/c1-5-18(6-2)14(10-12(3)4)17-15(19)13-8-7-9-16-11-13/h7-9,11-12,14H,5-6,10H2,1-4H3,(H,17,19)/t14-/m1/s1. The first-order valence-corrected chi connectivity index (χ1v) is 7.03. The molecule has 1 rings (SSSR count). The van der Waals surface area contributed by atoms with Gasteiger partial charge in [-0.1, -0.05) is 27.7 Å². The Kier molecular flexibility index (Phi) is 6.50. The van der Waals surface area contributed by atoms with Crippen LogP contribution in [0.15, 0.2) is 24.5 Å². The lowest BCUT2D eigenvalue weighted by Crippen LogP contribution is -2.48. The molecular weight excluding hydrogens is 238 g/mol. The molecular formula is C15H25N3O.